The number of ether oxygens (including phenoxy) is 2. The zero-order chi connectivity index (χ0) is 64.8. The minimum absolute atomic E-state index is 0.0355. The van der Waals surface area contributed by atoms with Gasteiger partial charge in [0.05, 0.1) is 27.7 Å². The smallest absolute Gasteiger partial charge is 0.462 e. The zero-order valence-electron chi connectivity index (χ0n) is 59.9. The molecule has 0 spiro atoms. The summed E-state index contributed by atoms with van der Waals surface area (Å²) < 4.78 is 34.8. The summed E-state index contributed by atoms with van der Waals surface area (Å²) in [6.07, 6.45) is 92.6. The van der Waals surface area contributed by atoms with E-state index < -0.39 is 26.5 Å². The summed E-state index contributed by atoms with van der Waals surface area (Å²) in [5.41, 5.74) is 0. The molecule has 0 heterocycles. The van der Waals surface area contributed by atoms with Crippen molar-refractivity contribution in [2.45, 2.75) is 399 Å². The van der Waals surface area contributed by atoms with Crippen LogP contribution < -0.4 is 0 Å². The Kier molecular flexibility index (Phi) is 68.7. The molecule has 10 heteroatoms. The van der Waals surface area contributed by atoms with Crippen LogP contribution in [0.5, 0.6) is 0 Å². The second kappa shape index (κ2) is 70.3. The number of carbonyl (C=O) groups is 2. The first-order valence-corrected chi connectivity index (χ1v) is 40.4. The monoisotopic (exact) mass is 1270 g/mol. The minimum Gasteiger partial charge on any atom is -0.462 e. The highest BCUT2D eigenvalue weighted by atomic mass is 31.2. The SMILES string of the molecule is CC/C=C\C/C=C\C/C=C\C/C=C\CCCCCCCCCCCCCCCCCCCCCCCCCCCCC(=O)OC(COC(=O)CCCCCCCCCCCCCCCCCCCCCCCCCCCC)COP(=O)(O)OCC[N+](C)(C)C. The van der Waals surface area contributed by atoms with Gasteiger partial charge >= 0.3 is 19.8 Å². The van der Waals surface area contributed by atoms with Crippen molar-refractivity contribution >= 4 is 19.8 Å². The summed E-state index contributed by atoms with van der Waals surface area (Å²) in [6, 6.07) is 0. The summed E-state index contributed by atoms with van der Waals surface area (Å²) in [5.74, 6) is -0.771. The first kappa shape index (κ1) is 87.0. The van der Waals surface area contributed by atoms with Crippen LogP contribution in [0, 0.1) is 0 Å². The molecule has 0 saturated heterocycles. The molecular weight excluding hydrogens is 1120 g/mol. The number of quaternary nitrogens is 1. The van der Waals surface area contributed by atoms with Crippen LogP contribution in [0.3, 0.4) is 0 Å². The van der Waals surface area contributed by atoms with E-state index in [0.717, 1.165) is 57.8 Å². The molecule has 0 rings (SSSR count). The average Bonchev–Trinajstić information content (AvgIpc) is 3.60. The van der Waals surface area contributed by atoms with E-state index >= 15 is 0 Å². The molecule has 524 valence electrons. The molecule has 2 atom stereocenters. The highest BCUT2D eigenvalue weighted by Crippen LogP contribution is 2.43. The molecular formula is C79H151NO8P+. The van der Waals surface area contributed by atoms with Crippen molar-refractivity contribution < 1.29 is 42.1 Å². The number of hydrogen-bond acceptors (Lipinski definition) is 7. The van der Waals surface area contributed by atoms with Gasteiger partial charge in [0, 0.05) is 12.8 Å². The summed E-state index contributed by atoms with van der Waals surface area (Å²) in [6.45, 7) is 4.40. The molecule has 0 aromatic rings. The Balaban J connectivity index is 3.90. The van der Waals surface area contributed by atoms with Crippen molar-refractivity contribution in [3.05, 3.63) is 48.6 Å². The molecule has 0 aliphatic carbocycles. The third kappa shape index (κ3) is 74.9. The van der Waals surface area contributed by atoms with Crippen LogP contribution in [0.25, 0.3) is 0 Å². The van der Waals surface area contributed by atoms with Crippen LogP contribution in [-0.4, -0.2) is 74.9 Å². The normalized spacial score (nSPS) is 13.3. The Morgan fingerprint density at radius 2 is 0.640 bits per heavy atom. The van der Waals surface area contributed by atoms with Gasteiger partial charge < -0.3 is 18.9 Å². The number of rotatable bonds is 73. The van der Waals surface area contributed by atoms with Gasteiger partial charge in [0.1, 0.15) is 19.8 Å². The standard InChI is InChI=1S/C79H150NO8P/c1-6-8-10-12-14-16-18-20-22-24-26-28-30-32-34-35-36-37-38-39-40-41-42-43-44-45-46-48-50-52-54-56-58-60-62-64-66-68-70-72-79(82)88-77(76-87-89(83,84)86-74-73-80(3,4)5)75-85-78(81)71-69-67-65-63-61-59-57-55-53-51-49-47-33-31-29-27-25-23-21-19-17-15-13-11-9-7-2/h8,10,14,16,20,22,26,28,77H,6-7,9,11-13,15,17-19,21,23-25,27,29-76H2,1-5H3/p+1/b10-8-,16-14-,22-20-,28-26-. The number of esters is 2. The molecule has 0 aromatic heterocycles. The quantitative estimate of drug-likeness (QED) is 0.0211. The fourth-order valence-electron chi connectivity index (χ4n) is 11.7. The lowest BCUT2D eigenvalue weighted by atomic mass is 10.0. The molecule has 0 saturated carbocycles. The Labute approximate surface area is 554 Å². The Morgan fingerprint density at radius 1 is 0.360 bits per heavy atom. The van der Waals surface area contributed by atoms with Crippen LogP contribution >= 0.6 is 7.82 Å². The first-order valence-electron chi connectivity index (χ1n) is 38.9. The van der Waals surface area contributed by atoms with Gasteiger partial charge in [-0.1, -0.05) is 377 Å². The maximum Gasteiger partial charge on any atom is 0.472 e. The van der Waals surface area contributed by atoms with Gasteiger partial charge in [0.15, 0.2) is 6.10 Å². The number of carbonyl (C=O) groups excluding carboxylic acids is 2. The molecule has 0 aliphatic heterocycles. The van der Waals surface area contributed by atoms with Crippen molar-refractivity contribution in [2.75, 3.05) is 47.5 Å². The summed E-state index contributed by atoms with van der Waals surface area (Å²) in [5, 5.41) is 0. The molecule has 89 heavy (non-hydrogen) atoms. The number of allylic oxidation sites excluding steroid dienone is 8. The molecule has 9 nitrogen and oxygen atoms in total. The minimum atomic E-state index is -4.39. The van der Waals surface area contributed by atoms with Crippen LogP contribution in [0.1, 0.15) is 393 Å². The van der Waals surface area contributed by atoms with Gasteiger partial charge in [-0.05, 0) is 51.4 Å². The molecule has 0 fully saturated rings. The van der Waals surface area contributed by atoms with Gasteiger partial charge in [0.2, 0.25) is 0 Å². The van der Waals surface area contributed by atoms with E-state index in [1.165, 1.54) is 302 Å². The Morgan fingerprint density at radius 3 is 0.955 bits per heavy atom. The highest BCUT2D eigenvalue weighted by Gasteiger charge is 2.27. The summed E-state index contributed by atoms with van der Waals surface area (Å²) >= 11 is 0. The lowest BCUT2D eigenvalue weighted by Gasteiger charge is -2.24. The van der Waals surface area contributed by atoms with Crippen LogP contribution in [0.4, 0.5) is 0 Å². The fourth-order valence-corrected chi connectivity index (χ4v) is 12.5. The largest absolute Gasteiger partial charge is 0.472 e. The third-order valence-electron chi connectivity index (χ3n) is 17.6. The van der Waals surface area contributed by atoms with Gasteiger partial charge in [0.25, 0.3) is 0 Å². The number of unbranched alkanes of at least 4 members (excludes halogenated alkanes) is 51. The molecule has 2 unspecified atom stereocenters. The lowest BCUT2D eigenvalue weighted by molar-refractivity contribution is -0.870. The molecule has 1 N–H and O–H groups in total. The van der Waals surface area contributed by atoms with E-state index in [9.17, 15) is 19.0 Å². The van der Waals surface area contributed by atoms with Crippen molar-refractivity contribution in [3.63, 3.8) is 0 Å². The number of phosphoric acid groups is 1. The first-order chi connectivity index (χ1) is 43.5. The zero-order valence-corrected chi connectivity index (χ0v) is 60.8. The second-order valence-electron chi connectivity index (χ2n) is 27.7. The Hall–Kier alpha value is -2.03. The van der Waals surface area contributed by atoms with E-state index in [4.69, 9.17) is 18.5 Å². The number of likely N-dealkylation sites (N-methyl/N-ethyl adjacent to an activating group) is 1. The highest BCUT2D eigenvalue weighted by molar-refractivity contribution is 7.47. The van der Waals surface area contributed by atoms with Crippen molar-refractivity contribution in [1.29, 1.82) is 0 Å². The topological polar surface area (TPSA) is 108 Å². The van der Waals surface area contributed by atoms with E-state index in [1.807, 2.05) is 21.1 Å². The van der Waals surface area contributed by atoms with Gasteiger partial charge in [-0.25, -0.2) is 4.57 Å². The summed E-state index contributed by atoms with van der Waals surface area (Å²) in [7, 11) is 1.50. The summed E-state index contributed by atoms with van der Waals surface area (Å²) in [4.78, 5) is 35.9. The average molecular weight is 1270 g/mol. The molecule has 0 amide bonds. The van der Waals surface area contributed by atoms with Gasteiger partial charge in [-0.15, -0.1) is 0 Å². The number of nitrogens with zero attached hydrogens (tertiary/aromatic N) is 1. The molecule has 0 aromatic carbocycles. The molecule has 0 radical (unpaired) electrons. The van der Waals surface area contributed by atoms with E-state index in [1.54, 1.807) is 0 Å². The maximum absolute atomic E-state index is 12.9. The van der Waals surface area contributed by atoms with Crippen molar-refractivity contribution in [1.82, 2.24) is 0 Å². The molecule has 0 aliphatic rings. The van der Waals surface area contributed by atoms with E-state index in [-0.39, 0.29) is 25.6 Å². The van der Waals surface area contributed by atoms with Gasteiger partial charge in [-0.2, -0.15) is 0 Å². The predicted octanol–water partition coefficient (Wildman–Crippen LogP) is 25.6. The van der Waals surface area contributed by atoms with E-state index in [0.29, 0.717) is 23.9 Å². The maximum atomic E-state index is 12.9. The predicted molar refractivity (Wildman–Crippen MR) is 386 cm³/mol. The number of hydrogen-bond donors (Lipinski definition) is 1. The van der Waals surface area contributed by atoms with E-state index in [2.05, 4.69) is 62.5 Å². The van der Waals surface area contributed by atoms with Crippen LogP contribution in [-0.2, 0) is 32.7 Å². The van der Waals surface area contributed by atoms with Crippen LogP contribution in [0.2, 0.25) is 0 Å². The van der Waals surface area contributed by atoms with Crippen molar-refractivity contribution in [3.8, 4) is 0 Å². The van der Waals surface area contributed by atoms with Crippen molar-refractivity contribution in [2.24, 2.45) is 0 Å². The molecule has 0 bridgehead atoms. The fraction of sp³-hybridized carbons (Fsp3) is 0.873. The van der Waals surface area contributed by atoms with Crippen LogP contribution in [0.15, 0.2) is 48.6 Å². The van der Waals surface area contributed by atoms with Gasteiger partial charge in [-0.3, -0.25) is 18.6 Å². The Bertz CT molecular complexity index is 1640. The number of phosphoric ester groups is 1. The third-order valence-corrected chi connectivity index (χ3v) is 18.6. The second-order valence-corrected chi connectivity index (χ2v) is 29.2. The lowest BCUT2D eigenvalue weighted by Crippen LogP contribution is -2.37.